The lowest BCUT2D eigenvalue weighted by atomic mass is 9.90. The molecule has 1 N–H and O–H groups in total. The topological polar surface area (TPSA) is 32.3 Å². The number of piperazine rings is 1. The first-order chi connectivity index (χ1) is 4.42. The lowest BCUT2D eigenvalue weighted by Crippen LogP contribution is -2.67. The smallest absolute Gasteiger partial charge is 0.210 e. The fourth-order valence-electron chi connectivity index (χ4n) is 1.68. The molecule has 50 valence electrons. The van der Waals surface area contributed by atoms with Crippen LogP contribution in [-0.4, -0.2) is 36.5 Å². The van der Waals surface area contributed by atoms with Gasteiger partial charge < -0.3 is 10.2 Å². The molecule has 3 saturated heterocycles. The molecule has 3 nitrogen and oxygen atoms in total. The number of carbonyl (C=O) groups excluding carboxylic acids is 1. The second-order valence-corrected chi connectivity index (χ2v) is 2.75. The second kappa shape index (κ2) is 1.70. The van der Waals surface area contributed by atoms with Crippen molar-refractivity contribution in [2.24, 2.45) is 0 Å². The number of hydrogen-bond donors (Lipinski definition) is 1. The fraction of sp³-hybridized carbons (Fsp3) is 0.833. The predicted octanol–water partition coefficient (Wildman–Crippen LogP) is -0.811. The summed E-state index contributed by atoms with van der Waals surface area (Å²) in [5.74, 6) is 0. The number of carbonyl (C=O) groups is 1. The van der Waals surface area contributed by atoms with E-state index in [0.717, 1.165) is 19.5 Å². The molecule has 0 aliphatic carbocycles. The van der Waals surface area contributed by atoms with Crippen molar-refractivity contribution in [3.63, 3.8) is 0 Å². The number of piperidine rings is 1. The van der Waals surface area contributed by atoms with Gasteiger partial charge in [0.05, 0.1) is 0 Å². The summed E-state index contributed by atoms with van der Waals surface area (Å²) in [6.45, 7) is 1.99. The van der Waals surface area contributed by atoms with Gasteiger partial charge in [0.15, 0.2) is 0 Å². The molecule has 0 saturated carbocycles. The maximum absolute atomic E-state index is 10.3. The molecule has 3 aliphatic rings. The van der Waals surface area contributed by atoms with E-state index in [1.165, 1.54) is 6.42 Å². The van der Waals surface area contributed by atoms with Gasteiger partial charge in [0.1, 0.15) is 0 Å². The number of nitrogens with zero attached hydrogens (tertiary/aromatic N) is 1. The van der Waals surface area contributed by atoms with Gasteiger partial charge in [0.25, 0.3) is 0 Å². The second-order valence-electron chi connectivity index (χ2n) is 2.75. The van der Waals surface area contributed by atoms with E-state index in [1.54, 1.807) is 0 Å². The summed E-state index contributed by atoms with van der Waals surface area (Å²) in [5.41, 5.74) is 0. The first-order valence-electron chi connectivity index (χ1n) is 3.35. The summed E-state index contributed by atoms with van der Waals surface area (Å²) in [7, 11) is 0. The molecule has 2 atom stereocenters. The molecule has 0 aromatic carbocycles. The molecule has 2 unspecified atom stereocenters. The van der Waals surface area contributed by atoms with Crippen LogP contribution in [0.4, 0.5) is 0 Å². The lowest BCUT2D eigenvalue weighted by Gasteiger charge is -2.50. The van der Waals surface area contributed by atoms with Gasteiger partial charge in [0.2, 0.25) is 6.41 Å². The first-order valence-corrected chi connectivity index (χ1v) is 3.35. The molecule has 3 fully saturated rings. The van der Waals surface area contributed by atoms with Gasteiger partial charge in [-0.25, -0.2) is 0 Å². The van der Waals surface area contributed by atoms with Crippen LogP contribution in [0.15, 0.2) is 0 Å². The zero-order valence-corrected chi connectivity index (χ0v) is 5.21. The van der Waals surface area contributed by atoms with Crippen LogP contribution >= 0.6 is 0 Å². The minimum absolute atomic E-state index is 0.515. The highest BCUT2D eigenvalue weighted by molar-refractivity contribution is 5.51. The quantitative estimate of drug-likeness (QED) is 0.466. The zero-order chi connectivity index (χ0) is 6.27. The van der Waals surface area contributed by atoms with Crippen LogP contribution in [0.2, 0.25) is 0 Å². The van der Waals surface area contributed by atoms with E-state index < -0.39 is 0 Å². The molecule has 0 aromatic heterocycles. The number of hydrogen-bond acceptors (Lipinski definition) is 2. The molecule has 3 aliphatic heterocycles. The maximum Gasteiger partial charge on any atom is 0.210 e. The Morgan fingerprint density at radius 3 is 2.44 bits per heavy atom. The molecule has 1 amide bonds. The van der Waals surface area contributed by atoms with Crippen molar-refractivity contribution in [2.45, 2.75) is 18.5 Å². The Hall–Kier alpha value is -0.570. The Labute approximate surface area is 54.0 Å². The predicted molar refractivity (Wildman–Crippen MR) is 33.0 cm³/mol. The van der Waals surface area contributed by atoms with E-state index in [9.17, 15) is 4.79 Å². The molecule has 3 rings (SSSR count). The van der Waals surface area contributed by atoms with E-state index in [-0.39, 0.29) is 0 Å². The van der Waals surface area contributed by atoms with Crippen molar-refractivity contribution >= 4 is 6.41 Å². The molecular formula is C6H10N2O. The highest BCUT2D eigenvalue weighted by atomic mass is 16.1. The molecule has 3 heterocycles. The van der Waals surface area contributed by atoms with Crippen LogP contribution < -0.4 is 5.32 Å². The van der Waals surface area contributed by atoms with Gasteiger partial charge in [-0.1, -0.05) is 0 Å². The van der Waals surface area contributed by atoms with Gasteiger partial charge in [0, 0.05) is 25.2 Å². The molecule has 3 heteroatoms. The Morgan fingerprint density at radius 1 is 1.44 bits per heavy atom. The highest BCUT2D eigenvalue weighted by Crippen LogP contribution is 2.25. The van der Waals surface area contributed by atoms with Crippen LogP contribution in [-0.2, 0) is 4.79 Å². The average molecular weight is 126 g/mol. The molecule has 0 radical (unpaired) electrons. The van der Waals surface area contributed by atoms with Gasteiger partial charge in [-0.2, -0.15) is 0 Å². The van der Waals surface area contributed by atoms with Crippen LogP contribution in [0.5, 0.6) is 0 Å². The van der Waals surface area contributed by atoms with Crippen LogP contribution in [0.25, 0.3) is 0 Å². The average Bonchev–Trinajstić information content (AvgIpc) is 1.90. The Morgan fingerprint density at radius 2 is 2.11 bits per heavy atom. The third-order valence-corrected chi connectivity index (χ3v) is 2.27. The minimum atomic E-state index is 0.515. The van der Waals surface area contributed by atoms with Crippen molar-refractivity contribution in [1.82, 2.24) is 10.2 Å². The monoisotopic (exact) mass is 126 g/mol. The van der Waals surface area contributed by atoms with Crippen molar-refractivity contribution in [2.75, 3.05) is 13.1 Å². The first kappa shape index (κ1) is 5.23. The van der Waals surface area contributed by atoms with E-state index in [0.29, 0.717) is 12.1 Å². The van der Waals surface area contributed by atoms with Crippen molar-refractivity contribution in [3.8, 4) is 0 Å². The number of nitrogens with one attached hydrogen (secondary N) is 1. The standard InChI is InChI=1S/C6H10N2O/c9-4-8-5-1-6(8)3-7-2-5/h4-7H,1-3H2. The van der Waals surface area contributed by atoms with Crippen LogP contribution in [0.3, 0.4) is 0 Å². The zero-order valence-electron chi connectivity index (χ0n) is 5.21. The third-order valence-electron chi connectivity index (χ3n) is 2.27. The van der Waals surface area contributed by atoms with Crippen LogP contribution in [0, 0.1) is 0 Å². The van der Waals surface area contributed by atoms with Gasteiger partial charge in [-0.3, -0.25) is 4.79 Å². The normalized spacial score (nSPS) is 39.8. The summed E-state index contributed by atoms with van der Waals surface area (Å²) < 4.78 is 0. The Bertz CT molecular complexity index is 123. The van der Waals surface area contributed by atoms with Crippen molar-refractivity contribution in [1.29, 1.82) is 0 Å². The highest BCUT2D eigenvalue weighted by Gasteiger charge is 2.39. The SMILES string of the molecule is O=CN1C2CNCC1C2. The van der Waals surface area contributed by atoms with Crippen LogP contribution in [0.1, 0.15) is 6.42 Å². The minimum Gasteiger partial charge on any atom is -0.337 e. The molecule has 2 bridgehead atoms. The van der Waals surface area contributed by atoms with Gasteiger partial charge in [-0.15, -0.1) is 0 Å². The maximum atomic E-state index is 10.3. The number of fused-ring (bicyclic) bond motifs is 2. The van der Waals surface area contributed by atoms with Gasteiger partial charge >= 0.3 is 0 Å². The van der Waals surface area contributed by atoms with Crippen molar-refractivity contribution < 1.29 is 4.79 Å². The summed E-state index contributed by atoms with van der Waals surface area (Å²) in [6.07, 6.45) is 2.19. The molecule has 9 heavy (non-hydrogen) atoms. The van der Waals surface area contributed by atoms with Gasteiger partial charge in [-0.05, 0) is 6.42 Å². The summed E-state index contributed by atoms with van der Waals surface area (Å²) >= 11 is 0. The largest absolute Gasteiger partial charge is 0.337 e. The molecule has 0 spiro atoms. The van der Waals surface area contributed by atoms with E-state index in [1.807, 2.05) is 4.90 Å². The van der Waals surface area contributed by atoms with Crippen molar-refractivity contribution in [3.05, 3.63) is 0 Å². The summed E-state index contributed by atoms with van der Waals surface area (Å²) in [5, 5.41) is 3.25. The Kier molecular flexibility index (Phi) is 0.990. The fourth-order valence-corrected chi connectivity index (χ4v) is 1.68. The van der Waals surface area contributed by atoms with E-state index in [2.05, 4.69) is 5.32 Å². The summed E-state index contributed by atoms with van der Waals surface area (Å²) in [4.78, 5) is 12.2. The number of amides is 1. The Balaban J connectivity index is 2.04. The lowest BCUT2D eigenvalue weighted by molar-refractivity contribution is -0.132. The summed E-state index contributed by atoms with van der Waals surface area (Å²) in [6, 6.07) is 1.03. The third kappa shape index (κ3) is 0.580. The van der Waals surface area contributed by atoms with E-state index in [4.69, 9.17) is 0 Å². The molecular weight excluding hydrogens is 116 g/mol. The number of rotatable bonds is 1. The van der Waals surface area contributed by atoms with E-state index >= 15 is 0 Å². The molecule has 0 aromatic rings.